The lowest BCUT2D eigenvalue weighted by Crippen LogP contribution is -2.55. The summed E-state index contributed by atoms with van der Waals surface area (Å²) in [4.78, 5) is 59.3. The van der Waals surface area contributed by atoms with Crippen LogP contribution in [0.4, 0.5) is 10.7 Å². The van der Waals surface area contributed by atoms with Gasteiger partial charge in [-0.25, -0.2) is 29.4 Å². The van der Waals surface area contributed by atoms with Crippen molar-refractivity contribution in [3.63, 3.8) is 0 Å². The number of ether oxygens (including phenoxy) is 1. The highest BCUT2D eigenvalue weighted by Gasteiger charge is 2.29. The number of aromatic hydroxyl groups is 1. The molecule has 3 aromatic rings. The van der Waals surface area contributed by atoms with Gasteiger partial charge in [-0.1, -0.05) is 30.3 Å². The predicted molar refractivity (Wildman–Crippen MR) is 131 cm³/mol. The number of aliphatic carboxylic acids is 1. The number of carboxylic acid groups (broad SMARTS) is 1. The van der Waals surface area contributed by atoms with Crippen LogP contribution in [0.5, 0.6) is 5.88 Å². The number of rotatable bonds is 12. The monoisotopic (exact) mass is 513 g/mol. The first kappa shape index (κ1) is 26.7. The van der Waals surface area contributed by atoms with E-state index in [0.717, 1.165) is 11.9 Å². The molecule has 3 rings (SSSR count). The molecule has 0 bridgehead atoms. The van der Waals surface area contributed by atoms with Crippen LogP contribution >= 0.6 is 0 Å². The first-order valence-corrected chi connectivity index (χ1v) is 11.3. The molecule has 0 spiro atoms. The first-order valence-electron chi connectivity index (χ1n) is 11.3. The molecule has 0 aliphatic carbocycles. The Bertz CT molecular complexity index is 1260. The minimum Gasteiger partial charge on any atom is -0.492 e. The van der Waals surface area contributed by atoms with Crippen molar-refractivity contribution in [2.75, 3.05) is 23.4 Å². The van der Waals surface area contributed by atoms with Gasteiger partial charge in [-0.05, 0) is 24.5 Å². The first-order chi connectivity index (χ1) is 17.8. The van der Waals surface area contributed by atoms with E-state index < -0.39 is 42.1 Å². The number of anilines is 1. The van der Waals surface area contributed by atoms with Gasteiger partial charge in [0.2, 0.25) is 17.7 Å². The fourth-order valence-corrected chi connectivity index (χ4v) is 3.33. The summed E-state index contributed by atoms with van der Waals surface area (Å²) in [5.74, 6) is -2.33. The average molecular weight is 514 g/mol. The summed E-state index contributed by atoms with van der Waals surface area (Å²) >= 11 is 0. The number of aromatic nitrogens is 4. The van der Waals surface area contributed by atoms with Gasteiger partial charge < -0.3 is 30.6 Å². The smallest absolute Gasteiger partial charge is 0.408 e. The molecule has 37 heavy (non-hydrogen) atoms. The quantitative estimate of drug-likeness (QED) is 0.214. The van der Waals surface area contributed by atoms with Gasteiger partial charge in [0.25, 0.3) is 0 Å². The summed E-state index contributed by atoms with van der Waals surface area (Å²) < 4.78 is 5.68. The summed E-state index contributed by atoms with van der Waals surface area (Å²) in [5, 5.41) is 26.1. The van der Waals surface area contributed by atoms with E-state index in [4.69, 9.17) is 4.74 Å². The van der Waals surface area contributed by atoms with Crippen molar-refractivity contribution in [3.8, 4) is 5.88 Å². The fourth-order valence-electron chi connectivity index (χ4n) is 3.33. The van der Waals surface area contributed by atoms with Crippen molar-refractivity contribution in [1.29, 1.82) is 0 Å². The van der Waals surface area contributed by atoms with Crippen LogP contribution in [0, 0.1) is 0 Å². The van der Waals surface area contributed by atoms with Gasteiger partial charge in [-0.3, -0.25) is 4.79 Å². The summed E-state index contributed by atoms with van der Waals surface area (Å²) in [6.45, 7) is 0.781. The number of H-pyrrole nitrogens is 1. The van der Waals surface area contributed by atoms with Crippen LogP contribution < -0.4 is 21.3 Å². The Balaban J connectivity index is 1.64. The molecule has 5 N–H and O–H groups in total. The van der Waals surface area contributed by atoms with Crippen molar-refractivity contribution < 1.29 is 29.3 Å². The van der Waals surface area contributed by atoms with Crippen LogP contribution in [0.2, 0.25) is 0 Å². The van der Waals surface area contributed by atoms with Crippen LogP contribution in [0.1, 0.15) is 24.6 Å². The lowest BCUT2D eigenvalue weighted by molar-refractivity contribution is -0.139. The largest absolute Gasteiger partial charge is 0.492 e. The second kappa shape index (κ2) is 12.7. The number of carboxylic acids is 1. The van der Waals surface area contributed by atoms with Crippen molar-refractivity contribution in [3.05, 3.63) is 70.5 Å². The number of amides is 2. The van der Waals surface area contributed by atoms with Gasteiger partial charge in [0.15, 0.2) is 0 Å². The number of hydrogen-bond donors (Lipinski definition) is 5. The average Bonchev–Trinajstić information content (AvgIpc) is 3.16. The highest BCUT2D eigenvalue weighted by Crippen LogP contribution is 2.16. The van der Waals surface area contributed by atoms with E-state index in [-0.39, 0.29) is 18.7 Å². The lowest BCUT2D eigenvalue weighted by Gasteiger charge is -2.25. The Morgan fingerprint density at radius 2 is 1.86 bits per heavy atom. The van der Waals surface area contributed by atoms with Crippen molar-refractivity contribution in [2.45, 2.75) is 32.4 Å². The normalized spacial score (nSPS) is 11.4. The Hall–Kier alpha value is -4.88. The molecular weight excluding hydrogens is 486 g/mol. The third kappa shape index (κ3) is 7.55. The minimum absolute atomic E-state index is 0.0951. The molecule has 2 aromatic heterocycles. The molecule has 0 radical (unpaired) electrons. The number of imidazole rings is 1. The maximum Gasteiger partial charge on any atom is 0.408 e. The molecule has 14 heteroatoms. The van der Waals surface area contributed by atoms with Gasteiger partial charge in [0.05, 0.1) is 12.2 Å². The van der Waals surface area contributed by atoms with Gasteiger partial charge >= 0.3 is 17.8 Å². The van der Waals surface area contributed by atoms with E-state index in [0.29, 0.717) is 29.2 Å². The van der Waals surface area contributed by atoms with E-state index >= 15 is 0 Å². The van der Waals surface area contributed by atoms with Crippen LogP contribution in [-0.2, 0) is 27.4 Å². The Kier molecular flexibility index (Phi) is 9.18. The van der Waals surface area contributed by atoms with Crippen molar-refractivity contribution in [1.82, 2.24) is 24.9 Å². The number of hydrogen-bond acceptors (Lipinski definition) is 9. The molecule has 0 aliphatic heterocycles. The van der Waals surface area contributed by atoms with E-state index in [2.05, 4.69) is 25.6 Å². The predicted octanol–water partition coefficient (Wildman–Crippen LogP) is 0.581. The zero-order valence-electron chi connectivity index (χ0n) is 20.0. The van der Waals surface area contributed by atoms with Crippen LogP contribution in [0.25, 0.3) is 0 Å². The highest BCUT2D eigenvalue weighted by molar-refractivity contribution is 5.86. The standard InChI is InChI=1S/C23H27N7O7/c1-15(31)29(13-18(20(33)34)28-23(36)37-14-16-7-3-2-4-8-16)30-19(32)17(27-22(30)35)9-5-10-24-21-25-11-6-12-26-21/h2-4,6-8,11-12,18,32H,5,9-10,13-14H2,1H3,(H,27,35)(H,28,36)(H,33,34)(H,24,25,26)/t18-/m0/s1. The Morgan fingerprint density at radius 3 is 2.51 bits per heavy atom. The maximum atomic E-state index is 12.6. The van der Waals surface area contributed by atoms with E-state index in [1.807, 2.05) is 0 Å². The molecule has 14 nitrogen and oxygen atoms in total. The molecule has 1 aromatic carbocycles. The van der Waals surface area contributed by atoms with E-state index in [1.165, 1.54) is 0 Å². The summed E-state index contributed by atoms with van der Waals surface area (Å²) in [6, 6.07) is 8.80. The van der Waals surface area contributed by atoms with Crippen LogP contribution in [-0.4, -0.2) is 66.9 Å². The fraction of sp³-hybridized carbons (Fsp3) is 0.304. The summed E-state index contributed by atoms with van der Waals surface area (Å²) in [6.07, 6.45) is 2.83. The zero-order valence-corrected chi connectivity index (χ0v) is 20.0. The van der Waals surface area contributed by atoms with Gasteiger partial charge in [-0.2, -0.15) is 4.68 Å². The minimum atomic E-state index is -1.63. The van der Waals surface area contributed by atoms with Crippen molar-refractivity contribution >= 4 is 23.9 Å². The molecule has 196 valence electrons. The zero-order chi connectivity index (χ0) is 26.8. The number of alkyl carbamates (subject to hydrolysis) is 1. The number of carbonyl (C=O) groups excluding carboxylic acids is 2. The summed E-state index contributed by atoms with van der Waals surface area (Å²) in [5.41, 5.74) is -0.00955. The van der Waals surface area contributed by atoms with Gasteiger partial charge in [0.1, 0.15) is 12.6 Å². The second-order valence-electron chi connectivity index (χ2n) is 7.84. The third-order valence-corrected chi connectivity index (χ3v) is 5.14. The molecule has 1 atom stereocenters. The molecule has 0 unspecified atom stereocenters. The van der Waals surface area contributed by atoms with E-state index in [9.17, 15) is 29.4 Å². The molecule has 0 fully saturated rings. The molecule has 0 saturated carbocycles. The molecular formula is C23H27N7O7. The molecule has 0 aliphatic rings. The van der Waals surface area contributed by atoms with Crippen LogP contribution in [0.3, 0.4) is 0 Å². The summed E-state index contributed by atoms with van der Waals surface area (Å²) in [7, 11) is 0. The number of aromatic amines is 1. The number of carbonyl (C=O) groups is 3. The SMILES string of the molecule is CC(=O)N(C[C@H](NC(=O)OCc1ccccc1)C(=O)O)n1c(O)c(CCCNc2ncccn2)[nH]c1=O. The number of benzene rings is 1. The van der Waals surface area contributed by atoms with Crippen molar-refractivity contribution in [2.24, 2.45) is 0 Å². The number of nitrogens with one attached hydrogen (secondary N) is 3. The molecule has 2 heterocycles. The Labute approximate surface area is 210 Å². The van der Waals surface area contributed by atoms with Crippen LogP contribution in [0.15, 0.2) is 53.6 Å². The third-order valence-electron chi connectivity index (χ3n) is 5.14. The van der Waals surface area contributed by atoms with E-state index in [1.54, 1.807) is 48.8 Å². The van der Waals surface area contributed by atoms with Gasteiger partial charge in [-0.15, -0.1) is 0 Å². The molecule has 2 amide bonds. The molecule has 0 saturated heterocycles. The lowest BCUT2D eigenvalue weighted by atomic mass is 10.2. The second-order valence-corrected chi connectivity index (χ2v) is 7.84. The van der Waals surface area contributed by atoms with Gasteiger partial charge in [0, 0.05) is 25.9 Å². The number of aryl methyl sites for hydroxylation is 1. The topological polar surface area (TPSA) is 192 Å². The number of nitrogens with zero attached hydrogens (tertiary/aromatic N) is 4. The Morgan fingerprint density at radius 1 is 1.16 bits per heavy atom. The maximum absolute atomic E-state index is 12.6. The highest BCUT2D eigenvalue weighted by atomic mass is 16.5.